The zero-order valence-electron chi connectivity index (χ0n) is 14.7. The number of nitrogens with one attached hydrogen (secondary N) is 2. The zero-order chi connectivity index (χ0) is 18.5. The van der Waals surface area contributed by atoms with Crippen molar-refractivity contribution in [3.05, 3.63) is 87.6 Å². The second-order valence-electron chi connectivity index (χ2n) is 6.08. The van der Waals surface area contributed by atoms with Gasteiger partial charge in [0.05, 0.1) is 4.88 Å². The summed E-state index contributed by atoms with van der Waals surface area (Å²) in [5.41, 5.74) is 3.45. The van der Waals surface area contributed by atoms with Crippen LogP contribution >= 0.6 is 11.3 Å². The number of anilines is 1. The lowest BCUT2D eigenvalue weighted by Gasteiger charge is -2.21. The standard InChI is InChI=1S/C21H20N2O2S/c1-14-10-11-15(2)17(13-14)22-20(19(24)16-7-4-3-5-8-16)23-21(25)18-9-6-12-26-18/h3-13,20,22H,1-2H3,(H,23,25)/t20-/m0/s1. The molecule has 3 rings (SSSR count). The average Bonchev–Trinajstić information content (AvgIpc) is 3.19. The number of carbonyl (C=O) groups is 2. The molecule has 5 heteroatoms. The van der Waals surface area contributed by atoms with Gasteiger partial charge in [-0.25, -0.2) is 0 Å². The summed E-state index contributed by atoms with van der Waals surface area (Å²) in [6.45, 7) is 3.95. The highest BCUT2D eigenvalue weighted by Crippen LogP contribution is 2.18. The molecular formula is C21H20N2O2S. The van der Waals surface area contributed by atoms with E-state index in [1.165, 1.54) is 11.3 Å². The smallest absolute Gasteiger partial charge is 0.263 e. The molecule has 0 spiro atoms. The minimum absolute atomic E-state index is 0.184. The summed E-state index contributed by atoms with van der Waals surface area (Å²) >= 11 is 1.34. The van der Waals surface area contributed by atoms with Crippen molar-refractivity contribution in [3.8, 4) is 0 Å². The Balaban J connectivity index is 1.89. The number of amides is 1. The number of benzene rings is 2. The quantitative estimate of drug-likeness (QED) is 0.503. The molecule has 0 saturated carbocycles. The van der Waals surface area contributed by atoms with Gasteiger partial charge in [-0.3, -0.25) is 9.59 Å². The SMILES string of the molecule is Cc1ccc(C)c(N[C@@H](NC(=O)c2cccs2)C(=O)c2ccccc2)c1. The van der Waals surface area contributed by atoms with Crippen LogP contribution in [0.2, 0.25) is 0 Å². The summed E-state index contributed by atoms with van der Waals surface area (Å²) in [5.74, 6) is -0.455. The van der Waals surface area contributed by atoms with E-state index in [0.717, 1.165) is 16.8 Å². The zero-order valence-corrected chi connectivity index (χ0v) is 15.5. The fourth-order valence-electron chi connectivity index (χ4n) is 2.59. The topological polar surface area (TPSA) is 58.2 Å². The number of thiophene rings is 1. The maximum Gasteiger partial charge on any atom is 0.263 e. The number of hydrogen-bond donors (Lipinski definition) is 2. The van der Waals surface area contributed by atoms with Crippen molar-refractivity contribution >= 4 is 28.7 Å². The Morgan fingerprint density at radius 1 is 0.962 bits per heavy atom. The third kappa shape index (κ3) is 4.18. The van der Waals surface area contributed by atoms with Crippen LogP contribution in [0.1, 0.15) is 31.2 Å². The molecule has 26 heavy (non-hydrogen) atoms. The first kappa shape index (κ1) is 17.9. The summed E-state index contributed by atoms with van der Waals surface area (Å²) in [5, 5.41) is 7.86. The number of Topliss-reactive ketones (excluding diaryl/α,β-unsaturated/α-hetero) is 1. The second-order valence-corrected chi connectivity index (χ2v) is 7.02. The Hall–Kier alpha value is -2.92. The van der Waals surface area contributed by atoms with Gasteiger partial charge in [0.2, 0.25) is 5.78 Å². The molecule has 0 saturated heterocycles. The van der Waals surface area contributed by atoms with Crippen molar-refractivity contribution in [3.63, 3.8) is 0 Å². The van der Waals surface area contributed by atoms with Gasteiger partial charge in [-0.15, -0.1) is 11.3 Å². The van der Waals surface area contributed by atoms with Crippen LogP contribution in [0.25, 0.3) is 0 Å². The molecule has 1 heterocycles. The lowest BCUT2D eigenvalue weighted by atomic mass is 10.1. The first-order valence-corrected chi connectivity index (χ1v) is 9.20. The second kappa shape index (κ2) is 7.97. The Kier molecular flexibility index (Phi) is 5.49. The predicted molar refractivity (Wildman–Crippen MR) is 106 cm³/mol. The summed E-state index contributed by atoms with van der Waals surface area (Å²) in [6, 6.07) is 18.5. The van der Waals surface area contributed by atoms with Crippen LogP contribution in [0.5, 0.6) is 0 Å². The first-order valence-electron chi connectivity index (χ1n) is 8.32. The number of ketones is 1. The van der Waals surface area contributed by atoms with Crippen LogP contribution in [0.4, 0.5) is 5.69 Å². The Labute approximate surface area is 156 Å². The molecule has 0 aliphatic rings. The van der Waals surface area contributed by atoms with E-state index >= 15 is 0 Å². The van der Waals surface area contributed by atoms with Gasteiger partial charge >= 0.3 is 0 Å². The van der Waals surface area contributed by atoms with Crippen LogP contribution in [0, 0.1) is 13.8 Å². The van der Waals surface area contributed by atoms with Crippen LogP contribution in [-0.2, 0) is 0 Å². The van der Waals surface area contributed by atoms with E-state index in [1.54, 1.807) is 18.2 Å². The van der Waals surface area contributed by atoms with Crippen molar-refractivity contribution in [2.24, 2.45) is 0 Å². The van der Waals surface area contributed by atoms with Crippen molar-refractivity contribution in [2.75, 3.05) is 5.32 Å². The lowest BCUT2D eigenvalue weighted by molar-refractivity contribution is 0.0872. The maximum atomic E-state index is 13.0. The lowest BCUT2D eigenvalue weighted by Crippen LogP contribution is -2.46. The van der Waals surface area contributed by atoms with E-state index in [4.69, 9.17) is 0 Å². The van der Waals surface area contributed by atoms with Gasteiger partial charge in [-0.2, -0.15) is 0 Å². The van der Waals surface area contributed by atoms with E-state index in [9.17, 15) is 9.59 Å². The van der Waals surface area contributed by atoms with Crippen LogP contribution in [-0.4, -0.2) is 17.9 Å². The fourth-order valence-corrected chi connectivity index (χ4v) is 3.22. The predicted octanol–water partition coefficient (Wildman–Crippen LogP) is 4.42. The van der Waals surface area contributed by atoms with Crippen LogP contribution < -0.4 is 10.6 Å². The molecule has 2 aromatic carbocycles. The number of rotatable bonds is 6. The van der Waals surface area contributed by atoms with Gasteiger partial charge in [-0.1, -0.05) is 48.5 Å². The van der Waals surface area contributed by atoms with Gasteiger partial charge in [0.1, 0.15) is 0 Å². The molecule has 0 bridgehead atoms. The van der Waals surface area contributed by atoms with Gasteiger partial charge in [-0.05, 0) is 42.5 Å². The highest BCUT2D eigenvalue weighted by molar-refractivity contribution is 7.12. The number of aryl methyl sites for hydroxylation is 2. The fraction of sp³-hybridized carbons (Fsp3) is 0.143. The average molecular weight is 364 g/mol. The summed E-state index contributed by atoms with van der Waals surface area (Å²) in [6.07, 6.45) is -0.854. The van der Waals surface area contributed by atoms with E-state index in [0.29, 0.717) is 10.4 Å². The maximum absolute atomic E-state index is 13.0. The Bertz CT molecular complexity index is 905. The van der Waals surface area contributed by atoms with Gasteiger partial charge in [0, 0.05) is 11.3 Å². The van der Waals surface area contributed by atoms with Crippen molar-refractivity contribution in [1.29, 1.82) is 0 Å². The molecular weight excluding hydrogens is 344 g/mol. The number of hydrogen-bond acceptors (Lipinski definition) is 4. The van der Waals surface area contributed by atoms with Crippen LogP contribution in [0.3, 0.4) is 0 Å². The molecule has 132 valence electrons. The summed E-state index contributed by atoms with van der Waals surface area (Å²) < 4.78 is 0. The molecule has 1 amide bonds. The molecule has 0 radical (unpaired) electrons. The normalized spacial score (nSPS) is 11.6. The molecule has 0 aliphatic carbocycles. The highest BCUT2D eigenvalue weighted by Gasteiger charge is 2.23. The molecule has 0 unspecified atom stereocenters. The van der Waals surface area contributed by atoms with Gasteiger partial charge < -0.3 is 10.6 Å². The highest BCUT2D eigenvalue weighted by atomic mass is 32.1. The molecule has 4 nitrogen and oxygen atoms in total. The van der Waals surface area contributed by atoms with Gasteiger partial charge in [0.15, 0.2) is 6.17 Å². The van der Waals surface area contributed by atoms with Crippen molar-refractivity contribution < 1.29 is 9.59 Å². The molecule has 1 aromatic heterocycles. The van der Waals surface area contributed by atoms with Crippen LogP contribution in [0.15, 0.2) is 66.0 Å². The minimum Gasteiger partial charge on any atom is -0.359 e. The molecule has 0 aliphatic heterocycles. The Morgan fingerprint density at radius 3 is 2.42 bits per heavy atom. The number of carbonyl (C=O) groups excluding carboxylic acids is 2. The van der Waals surface area contributed by atoms with Crippen molar-refractivity contribution in [2.45, 2.75) is 20.0 Å². The van der Waals surface area contributed by atoms with E-state index < -0.39 is 6.17 Å². The largest absolute Gasteiger partial charge is 0.359 e. The van der Waals surface area contributed by atoms with E-state index in [2.05, 4.69) is 10.6 Å². The molecule has 3 aromatic rings. The molecule has 1 atom stereocenters. The third-order valence-corrected chi connectivity index (χ3v) is 4.90. The third-order valence-electron chi connectivity index (χ3n) is 4.03. The van der Waals surface area contributed by atoms with Gasteiger partial charge in [0.25, 0.3) is 5.91 Å². The Morgan fingerprint density at radius 2 is 1.73 bits per heavy atom. The molecule has 0 fully saturated rings. The van der Waals surface area contributed by atoms with E-state index in [1.807, 2.05) is 61.7 Å². The first-order chi connectivity index (χ1) is 12.5. The van der Waals surface area contributed by atoms with Crippen molar-refractivity contribution in [1.82, 2.24) is 5.32 Å². The monoisotopic (exact) mass is 364 g/mol. The summed E-state index contributed by atoms with van der Waals surface area (Å²) in [4.78, 5) is 26.0. The molecule has 2 N–H and O–H groups in total. The minimum atomic E-state index is -0.854. The van der Waals surface area contributed by atoms with E-state index in [-0.39, 0.29) is 11.7 Å². The summed E-state index contributed by atoms with van der Waals surface area (Å²) in [7, 11) is 0.